The molecule has 3 aromatic rings. The molecule has 0 N–H and O–H groups in total. The van der Waals surface area contributed by atoms with Crippen LogP contribution in [-0.2, 0) is 0 Å². The van der Waals surface area contributed by atoms with E-state index in [2.05, 4.69) is 9.97 Å². The predicted molar refractivity (Wildman–Crippen MR) is 102 cm³/mol. The van der Waals surface area contributed by atoms with Gasteiger partial charge in [0.2, 0.25) is 0 Å². The van der Waals surface area contributed by atoms with Gasteiger partial charge in [-0.05, 0) is 44.0 Å². The largest absolute Gasteiger partial charge is 0.339 e. The summed E-state index contributed by atoms with van der Waals surface area (Å²) in [6.07, 6.45) is 5.00. The molecule has 0 saturated carbocycles. The van der Waals surface area contributed by atoms with E-state index in [1.807, 2.05) is 13.0 Å². The standard InChI is InChI=1S/C20H19FN4OS/c1-13-18(17-5-8-22-12-23-17)27-19(24-13)14-6-9-25(10-7-14)20(26)15-3-2-4-16(21)11-15/h2-5,8,11-12,14H,6-7,9-10H2,1H3. The number of likely N-dealkylation sites (tertiary alicyclic amines) is 1. The molecule has 0 aliphatic carbocycles. The maximum atomic E-state index is 13.4. The summed E-state index contributed by atoms with van der Waals surface area (Å²) < 4.78 is 13.4. The number of aromatic nitrogens is 3. The highest BCUT2D eigenvalue weighted by Crippen LogP contribution is 2.36. The minimum atomic E-state index is -0.383. The summed E-state index contributed by atoms with van der Waals surface area (Å²) in [7, 11) is 0. The molecule has 2 aromatic heterocycles. The first-order chi connectivity index (χ1) is 13.1. The molecule has 1 fully saturated rings. The molecule has 0 bridgehead atoms. The van der Waals surface area contributed by atoms with Gasteiger partial charge in [0, 0.05) is 30.8 Å². The van der Waals surface area contributed by atoms with Gasteiger partial charge >= 0.3 is 0 Å². The van der Waals surface area contributed by atoms with Gasteiger partial charge < -0.3 is 4.90 Å². The van der Waals surface area contributed by atoms with Gasteiger partial charge in [0.15, 0.2) is 0 Å². The third kappa shape index (κ3) is 3.73. The first kappa shape index (κ1) is 17.7. The van der Waals surface area contributed by atoms with Crippen molar-refractivity contribution in [3.05, 3.63) is 64.9 Å². The van der Waals surface area contributed by atoms with Crippen LogP contribution in [0.15, 0.2) is 42.9 Å². The Hall–Kier alpha value is -2.67. The Bertz CT molecular complexity index is 952. The van der Waals surface area contributed by atoms with Crippen molar-refractivity contribution in [2.75, 3.05) is 13.1 Å². The fourth-order valence-corrected chi connectivity index (χ4v) is 4.60. The van der Waals surface area contributed by atoms with E-state index in [1.165, 1.54) is 12.1 Å². The number of aryl methyl sites for hydroxylation is 1. The van der Waals surface area contributed by atoms with Crippen LogP contribution in [0.4, 0.5) is 4.39 Å². The number of hydrogen-bond donors (Lipinski definition) is 0. The zero-order valence-electron chi connectivity index (χ0n) is 14.9. The molecule has 27 heavy (non-hydrogen) atoms. The van der Waals surface area contributed by atoms with Gasteiger partial charge in [-0.2, -0.15) is 0 Å². The summed E-state index contributed by atoms with van der Waals surface area (Å²) in [5.74, 6) is -0.156. The molecule has 0 radical (unpaired) electrons. The highest BCUT2D eigenvalue weighted by atomic mass is 32.1. The summed E-state index contributed by atoms with van der Waals surface area (Å²) >= 11 is 1.67. The molecule has 5 nitrogen and oxygen atoms in total. The zero-order valence-corrected chi connectivity index (χ0v) is 15.7. The molecule has 1 amide bonds. The average molecular weight is 382 g/mol. The van der Waals surface area contributed by atoms with Crippen LogP contribution in [0.25, 0.3) is 10.6 Å². The Balaban J connectivity index is 1.45. The van der Waals surface area contributed by atoms with Crippen LogP contribution in [0.2, 0.25) is 0 Å². The van der Waals surface area contributed by atoms with Gasteiger partial charge in [-0.15, -0.1) is 11.3 Å². The number of halogens is 1. The quantitative estimate of drug-likeness (QED) is 0.685. The van der Waals surface area contributed by atoms with Crippen molar-refractivity contribution < 1.29 is 9.18 Å². The molecule has 0 unspecified atom stereocenters. The molecule has 0 spiro atoms. The van der Waals surface area contributed by atoms with Gasteiger partial charge in [0.1, 0.15) is 12.1 Å². The minimum Gasteiger partial charge on any atom is -0.339 e. The van der Waals surface area contributed by atoms with Crippen LogP contribution in [0.5, 0.6) is 0 Å². The Morgan fingerprint density at radius 1 is 1.26 bits per heavy atom. The van der Waals surface area contributed by atoms with Gasteiger partial charge in [-0.3, -0.25) is 4.79 Å². The first-order valence-corrected chi connectivity index (χ1v) is 9.72. The highest BCUT2D eigenvalue weighted by Gasteiger charge is 2.27. The van der Waals surface area contributed by atoms with Crippen molar-refractivity contribution in [3.63, 3.8) is 0 Å². The lowest BCUT2D eigenvalue weighted by Gasteiger charge is -2.31. The number of hydrogen-bond acceptors (Lipinski definition) is 5. The molecule has 1 aromatic carbocycles. The number of piperidine rings is 1. The van der Waals surface area contributed by atoms with Gasteiger partial charge in [0.05, 0.1) is 21.3 Å². The lowest BCUT2D eigenvalue weighted by molar-refractivity contribution is 0.0712. The molecular weight excluding hydrogens is 363 g/mol. The number of amides is 1. The van der Waals surface area contributed by atoms with Crippen molar-refractivity contribution in [3.8, 4) is 10.6 Å². The molecule has 138 valence electrons. The fraction of sp³-hybridized carbons (Fsp3) is 0.300. The number of carbonyl (C=O) groups is 1. The number of thiazole rings is 1. The van der Waals surface area contributed by atoms with E-state index in [-0.39, 0.29) is 11.7 Å². The topological polar surface area (TPSA) is 59.0 Å². The van der Waals surface area contributed by atoms with E-state index in [9.17, 15) is 9.18 Å². The fourth-order valence-electron chi connectivity index (χ4n) is 3.39. The predicted octanol–water partition coefficient (Wildman–Crippen LogP) is 4.07. The number of carbonyl (C=O) groups excluding carboxylic acids is 1. The molecule has 7 heteroatoms. The van der Waals surface area contributed by atoms with Gasteiger partial charge in [0.25, 0.3) is 5.91 Å². The molecular formula is C20H19FN4OS. The molecule has 0 atom stereocenters. The Morgan fingerprint density at radius 3 is 2.78 bits per heavy atom. The van der Waals surface area contributed by atoms with Crippen molar-refractivity contribution in [2.45, 2.75) is 25.7 Å². The summed E-state index contributed by atoms with van der Waals surface area (Å²) in [5.41, 5.74) is 2.28. The second kappa shape index (κ2) is 7.52. The minimum absolute atomic E-state index is 0.107. The van der Waals surface area contributed by atoms with E-state index >= 15 is 0 Å². The Morgan fingerprint density at radius 2 is 2.07 bits per heavy atom. The van der Waals surface area contributed by atoms with Crippen LogP contribution in [-0.4, -0.2) is 38.8 Å². The van der Waals surface area contributed by atoms with Gasteiger partial charge in [-0.1, -0.05) is 6.07 Å². The van der Waals surface area contributed by atoms with Crippen LogP contribution < -0.4 is 0 Å². The van der Waals surface area contributed by atoms with E-state index in [4.69, 9.17) is 4.98 Å². The second-order valence-corrected chi connectivity index (χ2v) is 7.67. The number of rotatable bonds is 3. The zero-order chi connectivity index (χ0) is 18.8. The number of nitrogens with zero attached hydrogens (tertiary/aromatic N) is 4. The average Bonchev–Trinajstić information content (AvgIpc) is 3.10. The lowest BCUT2D eigenvalue weighted by atomic mass is 9.97. The third-order valence-electron chi connectivity index (χ3n) is 4.83. The van der Waals surface area contributed by atoms with Crippen molar-refractivity contribution in [1.29, 1.82) is 0 Å². The highest BCUT2D eigenvalue weighted by molar-refractivity contribution is 7.15. The Kier molecular flexibility index (Phi) is 4.94. The van der Waals surface area contributed by atoms with Crippen molar-refractivity contribution in [2.24, 2.45) is 0 Å². The number of benzene rings is 1. The van der Waals surface area contributed by atoms with Gasteiger partial charge in [-0.25, -0.2) is 19.3 Å². The smallest absolute Gasteiger partial charge is 0.253 e. The third-order valence-corrected chi connectivity index (χ3v) is 6.17. The maximum Gasteiger partial charge on any atom is 0.253 e. The summed E-state index contributed by atoms with van der Waals surface area (Å²) in [4.78, 5) is 28.5. The van der Waals surface area contributed by atoms with E-state index < -0.39 is 0 Å². The molecule has 1 aliphatic heterocycles. The Labute approximate surface area is 160 Å². The summed E-state index contributed by atoms with van der Waals surface area (Å²) in [5, 5.41) is 1.10. The van der Waals surface area contributed by atoms with Crippen molar-refractivity contribution >= 4 is 17.2 Å². The van der Waals surface area contributed by atoms with Crippen LogP contribution in [0.1, 0.15) is 39.8 Å². The van der Waals surface area contributed by atoms with Crippen LogP contribution >= 0.6 is 11.3 Å². The van der Waals surface area contributed by atoms with E-state index in [0.717, 1.165) is 34.1 Å². The summed E-state index contributed by atoms with van der Waals surface area (Å²) in [6, 6.07) is 7.78. The van der Waals surface area contributed by atoms with Crippen LogP contribution in [0.3, 0.4) is 0 Å². The lowest BCUT2D eigenvalue weighted by Crippen LogP contribution is -2.37. The van der Waals surface area contributed by atoms with E-state index in [1.54, 1.807) is 40.9 Å². The second-order valence-electron chi connectivity index (χ2n) is 6.64. The SMILES string of the molecule is Cc1nc(C2CCN(C(=O)c3cccc(F)c3)CC2)sc1-c1ccncn1. The molecule has 1 saturated heterocycles. The van der Waals surface area contributed by atoms with Crippen molar-refractivity contribution in [1.82, 2.24) is 19.9 Å². The normalized spacial score (nSPS) is 15.1. The van der Waals surface area contributed by atoms with Crippen LogP contribution in [0, 0.1) is 12.7 Å². The molecule has 1 aliphatic rings. The van der Waals surface area contributed by atoms with E-state index in [0.29, 0.717) is 24.6 Å². The monoisotopic (exact) mass is 382 g/mol. The molecule has 3 heterocycles. The molecule has 4 rings (SSSR count). The maximum absolute atomic E-state index is 13.4. The first-order valence-electron chi connectivity index (χ1n) is 8.90. The summed E-state index contributed by atoms with van der Waals surface area (Å²) in [6.45, 7) is 3.31.